The van der Waals surface area contributed by atoms with Gasteiger partial charge >= 0.3 is 5.97 Å². The van der Waals surface area contributed by atoms with Gasteiger partial charge in [-0.25, -0.2) is 0 Å². The van der Waals surface area contributed by atoms with Crippen molar-refractivity contribution in [3.8, 4) is 17.1 Å². The third-order valence-electron chi connectivity index (χ3n) is 4.38. The molecule has 2 aromatic carbocycles. The van der Waals surface area contributed by atoms with Gasteiger partial charge in [0.1, 0.15) is 12.3 Å². The number of nitrogens with zero attached hydrogens (tertiary/aromatic N) is 4. The molecule has 0 bridgehead atoms. The molecule has 162 valence electrons. The van der Waals surface area contributed by atoms with Crippen molar-refractivity contribution in [1.82, 2.24) is 25.5 Å². The number of ether oxygens (including phenoxy) is 2. The number of benzene rings is 2. The molecule has 1 amide bonds. The molecule has 0 saturated heterocycles. The minimum Gasteiger partial charge on any atom is -0.497 e. The monoisotopic (exact) mass is 443 g/mol. The molecule has 0 spiro atoms. The van der Waals surface area contributed by atoms with Crippen molar-refractivity contribution in [2.24, 2.45) is 0 Å². The standard InChI is InChI=1S/C21H22ClN5O4/c1-3-31-20(29)12-18(16-6-4-5-7-17(16)22)23-19(28)13-27-25-21(24-26-27)14-8-10-15(30-2)11-9-14/h4-11,18H,3,12-13H2,1-2H3,(H,23,28). The Morgan fingerprint density at radius 1 is 1.16 bits per heavy atom. The van der Waals surface area contributed by atoms with Gasteiger partial charge < -0.3 is 14.8 Å². The molecular weight excluding hydrogens is 422 g/mol. The third kappa shape index (κ3) is 6.02. The number of halogens is 1. The maximum Gasteiger partial charge on any atom is 0.308 e. The number of tetrazole rings is 1. The molecule has 0 aliphatic rings. The molecule has 0 fully saturated rings. The molecular formula is C21H22ClN5O4. The average molecular weight is 444 g/mol. The fourth-order valence-electron chi connectivity index (χ4n) is 2.92. The van der Waals surface area contributed by atoms with E-state index < -0.39 is 17.9 Å². The van der Waals surface area contributed by atoms with Crippen LogP contribution in [0.2, 0.25) is 5.02 Å². The van der Waals surface area contributed by atoms with Crippen molar-refractivity contribution in [3.05, 3.63) is 59.1 Å². The van der Waals surface area contributed by atoms with Gasteiger partial charge in [0, 0.05) is 10.6 Å². The van der Waals surface area contributed by atoms with Crippen LogP contribution < -0.4 is 10.1 Å². The summed E-state index contributed by atoms with van der Waals surface area (Å²) in [7, 11) is 1.58. The molecule has 10 heteroatoms. The first-order valence-electron chi connectivity index (χ1n) is 9.61. The summed E-state index contributed by atoms with van der Waals surface area (Å²) in [6, 6.07) is 13.5. The predicted octanol–water partition coefficient (Wildman–Crippen LogP) is 2.81. The van der Waals surface area contributed by atoms with E-state index in [1.165, 1.54) is 4.80 Å². The number of rotatable bonds is 9. The zero-order valence-electron chi connectivity index (χ0n) is 17.1. The molecule has 9 nitrogen and oxygen atoms in total. The van der Waals surface area contributed by atoms with Crippen LogP contribution in [-0.2, 0) is 20.9 Å². The summed E-state index contributed by atoms with van der Waals surface area (Å²) in [6.45, 7) is 1.80. The Kier molecular flexibility index (Phi) is 7.55. The summed E-state index contributed by atoms with van der Waals surface area (Å²) >= 11 is 6.26. The van der Waals surface area contributed by atoms with Crippen molar-refractivity contribution in [2.45, 2.75) is 25.9 Å². The third-order valence-corrected chi connectivity index (χ3v) is 4.72. The number of amides is 1. The van der Waals surface area contributed by atoms with Gasteiger partial charge in [-0.05, 0) is 48.0 Å². The maximum atomic E-state index is 12.6. The Hall–Kier alpha value is -3.46. The second kappa shape index (κ2) is 10.5. The number of hydrogen-bond donors (Lipinski definition) is 1. The first-order valence-corrected chi connectivity index (χ1v) is 9.99. The van der Waals surface area contributed by atoms with E-state index in [0.717, 1.165) is 5.56 Å². The molecule has 1 aromatic heterocycles. The molecule has 1 unspecified atom stereocenters. The van der Waals surface area contributed by atoms with Crippen LogP contribution in [0.5, 0.6) is 5.75 Å². The van der Waals surface area contributed by atoms with Crippen LogP contribution in [0.4, 0.5) is 0 Å². The number of esters is 1. The molecule has 3 rings (SSSR count). The summed E-state index contributed by atoms with van der Waals surface area (Å²) < 4.78 is 10.2. The first-order chi connectivity index (χ1) is 15.0. The number of carbonyl (C=O) groups is 2. The highest BCUT2D eigenvalue weighted by Crippen LogP contribution is 2.25. The van der Waals surface area contributed by atoms with E-state index in [1.54, 1.807) is 62.6 Å². The van der Waals surface area contributed by atoms with Gasteiger partial charge in [0.25, 0.3) is 0 Å². The Labute approximate surface area is 184 Å². The van der Waals surface area contributed by atoms with Gasteiger partial charge in [-0.2, -0.15) is 4.80 Å². The number of nitrogens with one attached hydrogen (secondary N) is 1. The fourth-order valence-corrected chi connectivity index (χ4v) is 3.18. The predicted molar refractivity (Wildman–Crippen MR) is 113 cm³/mol. The first kappa shape index (κ1) is 22.2. The Balaban J connectivity index is 1.69. The van der Waals surface area contributed by atoms with E-state index in [2.05, 4.69) is 20.7 Å². The average Bonchev–Trinajstić information content (AvgIpc) is 3.22. The molecule has 0 aliphatic heterocycles. The Morgan fingerprint density at radius 2 is 1.90 bits per heavy atom. The number of methoxy groups -OCH3 is 1. The largest absolute Gasteiger partial charge is 0.497 e. The van der Waals surface area contributed by atoms with Crippen LogP contribution >= 0.6 is 11.6 Å². The lowest BCUT2D eigenvalue weighted by Crippen LogP contribution is -2.34. The van der Waals surface area contributed by atoms with E-state index >= 15 is 0 Å². The van der Waals surface area contributed by atoms with Crippen LogP contribution in [0.1, 0.15) is 24.9 Å². The molecule has 31 heavy (non-hydrogen) atoms. The molecule has 0 saturated carbocycles. The summed E-state index contributed by atoms with van der Waals surface area (Å²) in [5.74, 6) is 0.258. The Bertz CT molecular complexity index is 1040. The minimum atomic E-state index is -0.648. The highest BCUT2D eigenvalue weighted by atomic mass is 35.5. The second-order valence-corrected chi connectivity index (χ2v) is 6.93. The van der Waals surface area contributed by atoms with Crippen LogP contribution in [0.25, 0.3) is 11.4 Å². The molecule has 3 aromatic rings. The van der Waals surface area contributed by atoms with Gasteiger partial charge in [-0.1, -0.05) is 29.8 Å². The smallest absolute Gasteiger partial charge is 0.308 e. The summed E-state index contributed by atoms with van der Waals surface area (Å²) in [4.78, 5) is 25.8. The summed E-state index contributed by atoms with van der Waals surface area (Å²) in [6.07, 6.45) is -0.0504. The van der Waals surface area contributed by atoms with Gasteiger partial charge in [-0.3, -0.25) is 9.59 Å². The topological polar surface area (TPSA) is 108 Å². The quantitative estimate of drug-likeness (QED) is 0.506. The molecule has 1 heterocycles. The van der Waals surface area contributed by atoms with Gasteiger partial charge in [0.2, 0.25) is 11.7 Å². The van der Waals surface area contributed by atoms with Crippen molar-refractivity contribution < 1.29 is 19.1 Å². The molecule has 0 aliphatic carbocycles. The lowest BCUT2D eigenvalue weighted by molar-refractivity contribution is -0.143. The van der Waals surface area contributed by atoms with Crippen LogP contribution in [0, 0.1) is 0 Å². The van der Waals surface area contributed by atoms with Gasteiger partial charge in [0.05, 0.1) is 26.2 Å². The normalized spacial score (nSPS) is 11.6. The summed E-state index contributed by atoms with van der Waals surface area (Å²) in [5.41, 5.74) is 1.36. The minimum absolute atomic E-state index is 0.0504. The van der Waals surface area contributed by atoms with Crippen LogP contribution in [0.15, 0.2) is 48.5 Å². The van der Waals surface area contributed by atoms with E-state index in [-0.39, 0.29) is 19.6 Å². The van der Waals surface area contributed by atoms with Gasteiger partial charge in [-0.15, -0.1) is 10.2 Å². The van der Waals surface area contributed by atoms with Crippen LogP contribution in [0.3, 0.4) is 0 Å². The molecule has 1 atom stereocenters. The molecule has 1 N–H and O–H groups in total. The Morgan fingerprint density at radius 3 is 2.58 bits per heavy atom. The second-order valence-electron chi connectivity index (χ2n) is 6.52. The lowest BCUT2D eigenvalue weighted by Gasteiger charge is -2.19. The van der Waals surface area contributed by atoms with Crippen molar-refractivity contribution in [2.75, 3.05) is 13.7 Å². The number of hydrogen-bond acceptors (Lipinski definition) is 7. The zero-order valence-corrected chi connectivity index (χ0v) is 17.9. The van der Waals surface area contributed by atoms with Gasteiger partial charge in [0.15, 0.2) is 0 Å². The fraction of sp³-hybridized carbons (Fsp3) is 0.286. The SMILES string of the molecule is CCOC(=O)CC(NC(=O)Cn1nnc(-c2ccc(OC)cc2)n1)c1ccccc1Cl. The van der Waals surface area contributed by atoms with Crippen molar-refractivity contribution >= 4 is 23.5 Å². The van der Waals surface area contributed by atoms with E-state index in [1.807, 2.05) is 0 Å². The summed E-state index contributed by atoms with van der Waals surface area (Å²) in [5, 5.41) is 15.4. The van der Waals surface area contributed by atoms with Crippen molar-refractivity contribution in [1.29, 1.82) is 0 Å². The van der Waals surface area contributed by atoms with E-state index in [0.29, 0.717) is 22.2 Å². The maximum absolute atomic E-state index is 12.6. The van der Waals surface area contributed by atoms with Crippen molar-refractivity contribution in [3.63, 3.8) is 0 Å². The van der Waals surface area contributed by atoms with E-state index in [4.69, 9.17) is 21.1 Å². The zero-order chi connectivity index (χ0) is 22.2. The highest BCUT2D eigenvalue weighted by Gasteiger charge is 2.22. The number of carbonyl (C=O) groups excluding carboxylic acids is 2. The number of aromatic nitrogens is 4. The highest BCUT2D eigenvalue weighted by molar-refractivity contribution is 6.31. The lowest BCUT2D eigenvalue weighted by atomic mass is 10.0. The van der Waals surface area contributed by atoms with E-state index in [9.17, 15) is 9.59 Å². The molecule has 0 radical (unpaired) electrons. The van der Waals surface area contributed by atoms with Crippen LogP contribution in [-0.4, -0.2) is 45.8 Å².